The van der Waals surface area contributed by atoms with Crippen LogP contribution in [0.1, 0.15) is 13.8 Å². The first-order valence-electron chi connectivity index (χ1n) is 10.9. The van der Waals surface area contributed by atoms with Crippen LogP contribution < -0.4 is 15.5 Å². The monoisotopic (exact) mass is 422 g/mol. The van der Waals surface area contributed by atoms with Crippen LogP contribution >= 0.6 is 0 Å². The van der Waals surface area contributed by atoms with E-state index in [1.54, 1.807) is 6.20 Å². The standard InChI is InChI=1S/C22H30N8O/c1-3-30(4-2)22-27-20(24-10-11-29-12-14-31-15-13-29)26-21(28-22)25-18-7-8-19-17(16-18)6-5-9-23-19/h5-9,16H,3-4,10-15H2,1-2H3,(H2,24,25,26,27,28). The normalized spacial score (nSPS) is 14.5. The van der Waals surface area contributed by atoms with Gasteiger partial charge in [0, 0.05) is 56.5 Å². The molecule has 3 aromatic rings. The number of nitrogens with zero attached hydrogens (tertiary/aromatic N) is 6. The van der Waals surface area contributed by atoms with Gasteiger partial charge in [0.15, 0.2) is 0 Å². The Morgan fingerprint density at radius 3 is 2.65 bits per heavy atom. The number of morpholine rings is 1. The van der Waals surface area contributed by atoms with Crippen molar-refractivity contribution in [3.05, 3.63) is 36.5 Å². The van der Waals surface area contributed by atoms with Crippen LogP contribution in [-0.2, 0) is 4.74 Å². The Bertz CT molecular complexity index is 988. The molecule has 3 heterocycles. The molecule has 1 aliphatic rings. The molecular formula is C22H30N8O. The average Bonchev–Trinajstić information content (AvgIpc) is 2.80. The lowest BCUT2D eigenvalue weighted by molar-refractivity contribution is 0.0398. The number of hydrogen-bond acceptors (Lipinski definition) is 9. The maximum atomic E-state index is 5.42. The van der Waals surface area contributed by atoms with Crippen molar-refractivity contribution in [2.24, 2.45) is 0 Å². The van der Waals surface area contributed by atoms with Crippen molar-refractivity contribution in [3.8, 4) is 0 Å². The third-order valence-corrected chi connectivity index (χ3v) is 5.34. The molecule has 0 spiro atoms. The van der Waals surface area contributed by atoms with Crippen LogP contribution in [-0.4, -0.2) is 77.3 Å². The lowest BCUT2D eigenvalue weighted by Gasteiger charge is -2.26. The quantitative estimate of drug-likeness (QED) is 0.540. The smallest absolute Gasteiger partial charge is 0.233 e. The molecule has 1 aliphatic heterocycles. The fourth-order valence-electron chi connectivity index (χ4n) is 3.58. The second-order valence-electron chi connectivity index (χ2n) is 7.37. The summed E-state index contributed by atoms with van der Waals surface area (Å²) in [6.07, 6.45) is 1.80. The minimum Gasteiger partial charge on any atom is -0.379 e. The Morgan fingerprint density at radius 1 is 1.03 bits per heavy atom. The molecule has 9 heteroatoms. The minimum atomic E-state index is 0.522. The number of benzene rings is 1. The van der Waals surface area contributed by atoms with E-state index in [1.165, 1.54) is 0 Å². The molecule has 0 amide bonds. The number of aromatic nitrogens is 4. The summed E-state index contributed by atoms with van der Waals surface area (Å²) in [4.78, 5) is 22.8. The molecule has 164 valence electrons. The molecular weight excluding hydrogens is 392 g/mol. The van der Waals surface area contributed by atoms with E-state index in [2.05, 4.69) is 60.3 Å². The molecule has 0 aliphatic carbocycles. The molecule has 2 aromatic heterocycles. The first kappa shape index (κ1) is 21.2. The summed E-state index contributed by atoms with van der Waals surface area (Å²) in [5, 5.41) is 7.77. The van der Waals surface area contributed by atoms with E-state index in [0.717, 1.165) is 69.1 Å². The largest absolute Gasteiger partial charge is 0.379 e. The molecule has 0 radical (unpaired) electrons. The zero-order valence-electron chi connectivity index (χ0n) is 18.2. The summed E-state index contributed by atoms with van der Waals surface area (Å²) in [6.45, 7) is 11.1. The van der Waals surface area contributed by atoms with Gasteiger partial charge in [-0.05, 0) is 38.1 Å². The molecule has 0 atom stereocenters. The van der Waals surface area contributed by atoms with E-state index in [-0.39, 0.29) is 0 Å². The highest BCUT2D eigenvalue weighted by molar-refractivity contribution is 5.82. The van der Waals surface area contributed by atoms with Gasteiger partial charge in [0.1, 0.15) is 0 Å². The number of nitrogens with one attached hydrogen (secondary N) is 2. The van der Waals surface area contributed by atoms with Crippen LogP contribution in [0.15, 0.2) is 36.5 Å². The van der Waals surface area contributed by atoms with Crippen molar-refractivity contribution in [2.45, 2.75) is 13.8 Å². The van der Waals surface area contributed by atoms with Gasteiger partial charge < -0.3 is 20.3 Å². The molecule has 1 fully saturated rings. The molecule has 9 nitrogen and oxygen atoms in total. The van der Waals surface area contributed by atoms with Gasteiger partial charge in [0.05, 0.1) is 18.7 Å². The van der Waals surface area contributed by atoms with Gasteiger partial charge in [0.2, 0.25) is 17.8 Å². The minimum absolute atomic E-state index is 0.522. The highest BCUT2D eigenvalue weighted by Gasteiger charge is 2.13. The lowest BCUT2D eigenvalue weighted by Crippen LogP contribution is -2.39. The summed E-state index contributed by atoms with van der Waals surface area (Å²) in [5.41, 5.74) is 1.87. The summed E-state index contributed by atoms with van der Waals surface area (Å²) >= 11 is 0. The topological polar surface area (TPSA) is 91.3 Å². The Labute approximate surface area is 182 Å². The Balaban J connectivity index is 1.51. The Hall–Kier alpha value is -3.04. The first-order chi connectivity index (χ1) is 15.2. The van der Waals surface area contributed by atoms with Crippen molar-refractivity contribution < 1.29 is 4.74 Å². The fourth-order valence-corrected chi connectivity index (χ4v) is 3.58. The molecule has 0 bridgehead atoms. The van der Waals surface area contributed by atoms with Crippen LogP contribution in [0.4, 0.5) is 23.5 Å². The van der Waals surface area contributed by atoms with Gasteiger partial charge >= 0.3 is 0 Å². The number of fused-ring (bicyclic) bond motifs is 1. The van der Waals surface area contributed by atoms with Crippen molar-refractivity contribution in [1.82, 2.24) is 24.8 Å². The molecule has 1 aromatic carbocycles. The van der Waals surface area contributed by atoms with Crippen LogP contribution in [0, 0.1) is 0 Å². The highest BCUT2D eigenvalue weighted by atomic mass is 16.5. The van der Waals surface area contributed by atoms with E-state index in [4.69, 9.17) is 4.74 Å². The van der Waals surface area contributed by atoms with Gasteiger partial charge in [-0.3, -0.25) is 9.88 Å². The first-order valence-corrected chi connectivity index (χ1v) is 10.9. The predicted molar refractivity (Wildman–Crippen MR) is 124 cm³/mol. The van der Waals surface area contributed by atoms with Crippen molar-refractivity contribution in [2.75, 3.05) is 68.0 Å². The molecule has 1 saturated heterocycles. The van der Waals surface area contributed by atoms with Crippen LogP contribution in [0.25, 0.3) is 10.9 Å². The molecule has 4 rings (SSSR count). The van der Waals surface area contributed by atoms with Gasteiger partial charge in [-0.1, -0.05) is 6.07 Å². The van der Waals surface area contributed by atoms with Gasteiger partial charge in [-0.2, -0.15) is 15.0 Å². The van der Waals surface area contributed by atoms with Crippen LogP contribution in [0.5, 0.6) is 0 Å². The molecule has 0 saturated carbocycles. The highest BCUT2D eigenvalue weighted by Crippen LogP contribution is 2.21. The Morgan fingerprint density at radius 2 is 1.84 bits per heavy atom. The van der Waals surface area contributed by atoms with Gasteiger partial charge in [0.25, 0.3) is 0 Å². The zero-order valence-corrected chi connectivity index (χ0v) is 18.2. The zero-order chi connectivity index (χ0) is 21.5. The van der Waals surface area contributed by atoms with E-state index in [9.17, 15) is 0 Å². The third-order valence-electron chi connectivity index (χ3n) is 5.34. The molecule has 0 unspecified atom stereocenters. The second-order valence-corrected chi connectivity index (χ2v) is 7.37. The lowest BCUT2D eigenvalue weighted by atomic mass is 10.2. The molecule has 2 N–H and O–H groups in total. The SMILES string of the molecule is CCN(CC)c1nc(NCCN2CCOCC2)nc(Nc2ccc3ncccc3c2)n1. The maximum absolute atomic E-state index is 5.42. The number of ether oxygens (including phenoxy) is 1. The number of pyridine rings is 1. The number of rotatable bonds is 9. The van der Waals surface area contributed by atoms with Crippen molar-refractivity contribution in [3.63, 3.8) is 0 Å². The van der Waals surface area contributed by atoms with Gasteiger partial charge in [-0.15, -0.1) is 0 Å². The number of hydrogen-bond donors (Lipinski definition) is 2. The number of anilines is 4. The summed E-state index contributed by atoms with van der Waals surface area (Å²) in [7, 11) is 0. The summed E-state index contributed by atoms with van der Waals surface area (Å²) in [5.74, 6) is 1.77. The van der Waals surface area contributed by atoms with E-state index >= 15 is 0 Å². The summed E-state index contributed by atoms with van der Waals surface area (Å²) in [6, 6.07) is 10.0. The fraction of sp³-hybridized carbons (Fsp3) is 0.455. The predicted octanol–water partition coefficient (Wildman–Crippen LogP) is 2.75. The maximum Gasteiger partial charge on any atom is 0.233 e. The second kappa shape index (κ2) is 10.3. The summed E-state index contributed by atoms with van der Waals surface area (Å²) < 4.78 is 5.42. The van der Waals surface area contributed by atoms with E-state index in [0.29, 0.717) is 17.8 Å². The third kappa shape index (κ3) is 5.56. The van der Waals surface area contributed by atoms with Crippen LogP contribution in [0.3, 0.4) is 0 Å². The van der Waals surface area contributed by atoms with Crippen molar-refractivity contribution in [1.29, 1.82) is 0 Å². The van der Waals surface area contributed by atoms with E-state index < -0.39 is 0 Å². The average molecular weight is 423 g/mol. The van der Waals surface area contributed by atoms with E-state index in [1.807, 2.05) is 24.3 Å². The Kier molecular flexibility index (Phi) is 7.06. The van der Waals surface area contributed by atoms with Crippen LogP contribution in [0.2, 0.25) is 0 Å². The van der Waals surface area contributed by atoms with Crippen molar-refractivity contribution >= 4 is 34.4 Å². The van der Waals surface area contributed by atoms with Gasteiger partial charge in [-0.25, -0.2) is 0 Å². The molecule has 31 heavy (non-hydrogen) atoms.